The molecule has 4 rings (SSSR count). The molecule has 2 unspecified atom stereocenters. The van der Waals surface area contributed by atoms with Gasteiger partial charge in [0.15, 0.2) is 0 Å². The van der Waals surface area contributed by atoms with Crippen LogP contribution in [0.25, 0.3) is 0 Å². The molecular weight excluding hydrogens is 416 g/mol. The number of urea groups is 1. The summed E-state index contributed by atoms with van der Waals surface area (Å²) in [6.45, 7) is 2.70. The number of likely N-dealkylation sites (tertiary alicyclic amines) is 1. The smallest absolute Gasteiger partial charge is 0.319 e. The van der Waals surface area contributed by atoms with Gasteiger partial charge in [-0.3, -0.25) is 4.98 Å². The van der Waals surface area contributed by atoms with Crippen molar-refractivity contribution >= 4 is 23.3 Å². The summed E-state index contributed by atoms with van der Waals surface area (Å²) in [7, 11) is 1.62. The maximum absolute atomic E-state index is 12.7. The summed E-state index contributed by atoms with van der Waals surface area (Å²) < 4.78 is 5.24. The molecule has 3 N–H and O–H groups in total. The van der Waals surface area contributed by atoms with Gasteiger partial charge in [0.1, 0.15) is 5.75 Å². The largest absolute Gasteiger partial charge is 0.495 e. The highest BCUT2D eigenvalue weighted by atomic mass is 35.5. The normalized spacial score (nSPS) is 26.0. The van der Waals surface area contributed by atoms with Crippen molar-refractivity contribution in [1.82, 2.24) is 15.2 Å². The van der Waals surface area contributed by atoms with Crippen molar-refractivity contribution in [2.75, 3.05) is 32.1 Å². The van der Waals surface area contributed by atoms with Crippen molar-refractivity contribution in [1.29, 1.82) is 0 Å². The summed E-state index contributed by atoms with van der Waals surface area (Å²) in [4.78, 5) is 19.7. The molecule has 31 heavy (non-hydrogen) atoms. The Balaban J connectivity index is 1.43. The summed E-state index contributed by atoms with van der Waals surface area (Å²) in [6, 6.07) is 10.7. The lowest BCUT2D eigenvalue weighted by Gasteiger charge is -2.42. The molecule has 0 radical (unpaired) electrons. The van der Waals surface area contributed by atoms with E-state index in [0.29, 0.717) is 22.4 Å². The summed E-state index contributed by atoms with van der Waals surface area (Å²) in [5, 5.41) is 16.3. The number of rotatable bonds is 6. The molecule has 2 amide bonds. The van der Waals surface area contributed by atoms with Gasteiger partial charge in [-0.05, 0) is 61.6 Å². The van der Waals surface area contributed by atoms with Crippen LogP contribution in [0.5, 0.6) is 5.75 Å². The van der Waals surface area contributed by atoms with Crippen LogP contribution >= 0.6 is 11.6 Å². The zero-order chi connectivity index (χ0) is 21.8. The number of pyridine rings is 1. The van der Waals surface area contributed by atoms with Crippen molar-refractivity contribution in [3.63, 3.8) is 0 Å². The van der Waals surface area contributed by atoms with Crippen LogP contribution in [0.1, 0.15) is 30.9 Å². The van der Waals surface area contributed by atoms with Gasteiger partial charge < -0.3 is 25.4 Å². The van der Waals surface area contributed by atoms with E-state index in [-0.39, 0.29) is 24.1 Å². The molecular formula is C23H29ClN4O3. The number of aliphatic hydroxyl groups is 1. The van der Waals surface area contributed by atoms with Gasteiger partial charge in [0.25, 0.3) is 0 Å². The molecule has 2 fully saturated rings. The number of anilines is 1. The second-order valence-corrected chi connectivity index (χ2v) is 8.92. The van der Waals surface area contributed by atoms with Crippen molar-refractivity contribution in [2.24, 2.45) is 5.92 Å². The lowest BCUT2D eigenvalue weighted by atomic mass is 9.81. The van der Waals surface area contributed by atoms with Crippen molar-refractivity contribution in [3.8, 4) is 5.75 Å². The second-order valence-electron chi connectivity index (χ2n) is 8.48. The number of aromatic nitrogens is 1. The molecule has 0 spiro atoms. The van der Waals surface area contributed by atoms with E-state index in [1.165, 1.54) is 0 Å². The number of carbonyl (C=O) groups is 1. The highest BCUT2D eigenvalue weighted by Gasteiger charge is 2.35. The van der Waals surface area contributed by atoms with Crippen LogP contribution in [0.3, 0.4) is 0 Å². The molecule has 1 aromatic heterocycles. The van der Waals surface area contributed by atoms with Crippen LogP contribution in [-0.2, 0) is 0 Å². The molecule has 2 aliphatic rings. The number of halogens is 1. The number of carbonyl (C=O) groups excluding carboxylic acids is 1. The molecule has 0 bridgehead atoms. The standard InChI is InChI=1S/C23H29ClN4O3/c1-31-19-6-7-21(25-12-19)20-14-28(13-15-10-18(29)11-15)9-8-22(20)27-23(30)26-17-4-2-16(24)3-5-17/h2-7,12,15,18,20,22,29H,8-11,13-14H2,1H3,(H2,26,27,30). The first kappa shape index (κ1) is 21.9. The minimum atomic E-state index is -0.235. The number of piperidine rings is 1. The van der Waals surface area contributed by atoms with Crippen LogP contribution in [0, 0.1) is 5.92 Å². The summed E-state index contributed by atoms with van der Waals surface area (Å²) in [5.41, 5.74) is 1.64. The number of nitrogens with one attached hydrogen (secondary N) is 2. The maximum atomic E-state index is 12.7. The number of methoxy groups -OCH3 is 1. The number of hydrogen-bond acceptors (Lipinski definition) is 5. The third-order valence-electron chi connectivity index (χ3n) is 6.22. The number of benzene rings is 1. The lowest BCUT2D eigenvalue weighted by Crippen LogP contribution is -2.52. The third kappa shape index (κ3) is 5.67. The molecule has 8 heteroatoms. The minimum absolute atomic E-state index is 0.0311. The second kappa shape index (κ2) is 9.85. The van der Waals surface area contributed by atoms with Crippen molar-refractivity contribution in [3.05, 3.63) is 53.3 Å². The Kier molecular flexibility index (Phi) is 6.95. The quantitative estimate of drug-likeness (QED) is 0.634. The van der Waals surface area contributed by atoms with Gasteiger partial charge in [-0.1, -0.05) is 11.6 Å². The molecule has 2 aromatic rings. The predicted molar refractivity (Wildman–Crippen MR) is 121 cm³/mol. The number of aliphatic hydroxyl groups excluding tert-OH is 1. The van der Waals surface area contributed by atoms with Crippen LogP contribution in [0.4, 0.5) is 10.5 Å². The summed E-state index contributed by atoms with van der Waals surface area (Å²) >= 11 is 5.92. The van der Waals surface area contributed by atoms with Crippen molar-refractivity contribution < 1.29 is 14.6 Å². The Bertz CT molecular complexity index is 871. The Morgan fingerprint density at radius 2 is 2.03 bits per heavy atom. The third-order valence-corrected chi connectivity index (χ3v) is 6.47. The van der Waals surface area contributed by atoms with E-state index in [4.69, 9.17) is 16.3 Å². The lowest BCUT2D eigenvalue weighted by molar-refractivity contribution is 0.0180. The highest BCUT2D eigenvalue weighted by Crippen LogP contribution is 2.32. The van der Waals surface area contributed by atoms with Crippen LogP contribution in [-0.4, -0.2) is 59.9 Å². The molecule has 2 atom stereocenters. The first-order valence-electron chi connectivity index (χ1n) is 10.7. The SMILES string of the molecule is COc1ccc(C2CN(CC3CC(O)C3)CCC2NC(=O)Nc2ccc(Cl)cc2)nc1. The number of hydrogen-bond donors (Lipinski definition) is 3. The van der Waals surface area contributed by atoms with E-state index in [0.717, 1.165) is 44.6 Å². The molecule has 1 saturated heterocycles. The first-order valence-corrected chi connectivity index (χ1v) is 11.1. The van der Waals surface area contributed by atoms with Gasteiger partial charge in [0, 0.05) is 48.0 Å². The van der Waals surface area contributed by atoms with E-state index in [9.17, 15) is 9.90 Å². The van der Waals surface area contributed by atoms with E-state index in [1.807, 2.05) is 12.1 Å². The van der Waals surface area contributed by atoms with E-state index in [2.05, 4.69) is 20.5 Å². The average molecular weight is 445 g/mol. The molecule has 1 aliphatic heterocycles. The van der Waals surface area contributed by atoms with Crippen LogP contribution in [0.15, 0.2) is 42.6 Å². The zero-order valence-corrected chi connectivity index (χ0v) is 18.4. The molecule has 166 valence electrons. The van der Waals surface area contributed by atoms with Gasteiger partial charge in [0.2, 0.25) is 0 Å². The molecule has 1 saturated carbocycles. The van der Waals surface area contributed by atoms with Crippen LogP contribution in [0.2, 0.25) is 5.02 Å². The first-order chi connectivity index (χ1) is 15.0. The molecule has 7 nitrogen and oxygen atoms in total. The number of amides is 2. The average Bonchev–Trinajstić information content (AvgIpc) is 2.75. The van der Waals surface area contributed by atoms with Gasteiger partial charge in [-0.15, -0.1) is 0 Å². The number of ether oxygens (including phenoxy) is 1. The molecule has 1 aromatic carbocycles. The van der Waals surface area contributed by atoms with Gasteiger partial charge in [0.05, 0.1) is 19.4 Å². The Morgan fingerprint density at radius 1 is 1.26 bits per heavy atom. The fourth-order valence-corrected chi connectivity index (χ4v) is 4.60. The minimum Gasteiger partial charge on any atom is -0.495 e. The van der Waals surface area contributed by atoms with E-state index >= 15 is 0 Å². The fourth-order valence-electron chi connectivity index (χ4n) is 4.47. The van der Waals surface area contributed by atoms with Gasteiger partial charge >= 0.3 is 6.03 Å². The van der Waals surface area contributed by atoms with Crippen molar-refractivity contribution in [2.45, 2.75) is 37.3 Å². The Hall–Kier alpha value is -2.35. The Morgan fingerprint density at radius 3 is 2.68 bits per heavy atom. The molecule has 2 heterocycles. The van der Waals surface area contributed by atoms with E-state index < -0.39 is 0 Å². The van der Waals surface area contributed by atoms with Gasteiger partial charge in [-0.2, -0.15) is 0 Å². The van der Waals surface area contributed by atoms with Gasteiger partial charge in [-0.25, -0.2) is 4.79 Å². The van der Waals surface area contributed by atoms with Crippen LogP contribution < -0.4 is 15.4 Å². The van der Waals surface area contributed by atoms with E-state index in [1.54, 1.807) is 37.6 Å². The zero-order valence-electron chi connectivity index (χ0n) is 17.6. The number of nitrogens with zero attached hydrogens (tertiary/aromatic N) is 2. The monoisotopic (exact) mass is 444 g/mol. The Labute approximate surface area is 187 Å². The predicted octanol–water partition coefficient (Wildman–Crippen LogP) is 3.49. The molecule has 1 aliphatic carbocycles. The summed E-state index contributed by atoms with van der Waals surface area (Å²) in [6.07, 6.45) is 4.18. The topological polar surface area (TPSA) is 86.7 Å². The highest BCUT2D eigenvalue weighted by molar-refractivity contribution is 6.30. The maximum Gasteiger partial charge on any atom is 0.319 e. The fraction of sp³-hybridized carbons (Fsp3) is 0.478. The summed E-state index contributed by atoms with van der Waals surface area (Å²) in [5.74, 6) is 1.34.